The van der Waals surface area contributed by atoms with Crippen molar-refractivity contribution < 1.29 is 9.59 Å². The average molecular weight is 391 g/mol. The molecule has 1 aliphatic heterocycles. The Morgan fingerprint density at radius 3 is 2.46 bits per heavy atom. The first-order valence-corrected chi connectivity index (χ1v) is 10.2. The van der Waals surface area contributed by atoms with Crippen LogP contribution in [0.2, 0.25) is 4.34 Å². The van der Waals surface area contributed by atoms with Gasteiger partial charge in [0.05, 0.1) is 9.21 Å². The van der Waals surface area contributed by atoms with Crippen molar-refractivity contribution in [2.75, 3.05) is 13.1 Å². The van der Waals surface area contributed by atoms with Crippen molar-refractivity contribution in [1.82, 2.24) is 10.2 Å². The summed E-state index contributed by atoms with van der Waals surface area (Å²) in [5.74, 6) is -0.136. The number of hydrogen-bond donors (Lipinski definition) is 1. The molecular formula is C20H23ClN2O2S. The second kappa shape index (κ2) is 9.31. The molecule has 4 nitrogen and oxygen atoms in total. The normalized spacial score (nSPS) is 14.5. The fraction of sp³-hybridized carbons (Fsp3) is 0.400. The average Bonchev–Trinajstić information content (AvgIpc) is 3.30. The van der Waals surface area contributed by atoms with Gasteiger partial charge in [-0.25, -0.2) is 0 Å². The number of hydrogen-bond acceptors (Lipinski definition) is 4. The van der Waals surface area contributed by atoms with E-state index in [9.17, 15) is 9.59 Å². The van der Waals surface area contributed by atoms with E-state index in [1.54, 1.807) is 12.1 Å². The third-order valence-electron chi connectivity index (χ3n) is 4.61. The minimum atomic E-state index is -0.100. The fourth-order valence-electron chi connectivity index (χ4n) is 3.16. The predicted molar refractivity (Wildman–Crippen MR) is 106 cm³/mol. The van der Waals surface area contributed by atoms with Gasteiger partial charge in [-0.1, -0.05) is 35.9 Å². The largest absolute Gasteiger partial charge is 0.352 e. The minimum Gasteiger partial charge on any atom is -0.352 e. The molecular weight excluding hydrogens is 368 g/mol. The molecule has 0 bridgehead atoms. The summed E-state index contributed by atoms with van der Waals surface area (Å²) in [7, 11) is 0. The Morgan fingerprint density at radius 2 is 1.77 bits per heavy atom. The molecule has 1 amide bonds. The van der Waals surface area contributed by atoms with Crippen molar-refractivity contribution in [3.8, 4) is 0 Å². The number of benzene rings is 1. The predicted octanol–water partition coefficient (Wildman–Crippen LogP) is 4.28. The summed E-state index contributed by atoms with van der Waals surface area (Å²) in [5, 5.41) is 2.94. The molecule has 26 heavy (non-hydrogen) atoms. The van der Waals surface area contributed by atoms with Gasteiger partial charge in [0.1, 0.15) is 0 Å². The number of likely N-dealkylation sites (tertiary alicyclic amines) is 1. The number of carbonyl (C=O) groups is 2. The van der Waals surface area contributed by atoms with Crippen molar-refractivity contribution in [3.05, 3.63) is 56.7 Å². The Kier molecular flexibility index (Phi) is 6.83. The number of amides is 1. The maximum Gasteiger partial charge on any atom is 0.220 e. The SMILES string of the molecule is O=C(CCC(=O)c1ccc(Cl)s1)NCc1ccccc1CN1CCCC1. The molecule has 0 radical (unpaired) electrons. The summed E-state index contributed by atoms with van der Waals surface area (Å²) in [5.41, 5.74) is 2.41. The zero-order valence-electron chi connectivity index (χ0n) is 14.7. The lowest BCUT2D eigenvalue weighted by Crippen LogP contribution is -2.25. The second-order valence-corrected chi connectivity index (χ2v) is 8.27. The number of nitrogens with one attached hydrogen (secondary N) is 1. The molecule has 2 aromatic rings. The molecule has 0 unspecified atom stereocenters. The third kappa shape index (κ3) is 5.40. The molecule has 0 atom stereocenters. The van der Waals surface area contributed by atoms with Gasteiger partial charge in [0.2, 0.25) is 5.91 Å². The van der Waals surface area contributed by atoms with Crippen molar-refractivity contribution in [3.63, 3.8) is 0 Å². The van der Waals surface area contributed by atoms with E-state index >= 15 is 0 Å². The van der Waals surface area contributed by atoms with E-state index in [4.69, 9.17) is 11.6 Å². The summed E-state index contributed by atoms with van der Waals surface area (Å²) in [6.07, 6.45) is 2.94. The molecule has 0 spiro atoms. The van der Waals surface area contributed by atoms with Crippen LogP contribution in [0.15, 0.2) is 36.4 Å². The molecule has 3 rings (SSSR count). The van der Waals surface area contributed by atoms with Gasteiger partial charge in [-0.15, -0.1) is 11.3 Å². The number of carbonyl (C=O) groups excluding carboxylic acids is 2. The summed E-state index contributed by atoms with van der Waals surface area (Å²) in [6, 6.07) is 11.6. The van der Waals surface area contributed by atoms with E-state index in [2.05, 4.69) is 22.3 Å². The first kappa shape index (κ1) is 19.1. The molecule has 1 saturated heterocycles. The van der Waals surface area contributed by atoms with Gasteiger partial charge in [0.25, 0.3) is 0 Å². The Morgan fingerprint density at radius 1 is 1.04 bits per heavy atom. The lowest BCUT2D eigenvalue weighted by Gasteiger charge is -2.17. The quantitative estimate of drug-likeness (QED) is 0.684. The molecule has 138 valence electrons. The standard InChI is InChI=1S/C20H23ClN2O2S/c21-19-9-8-18(26-19)17(24)7-10-20(25)22-13-15-5-1-2-6-16(15)14-23-11-3-4-12-23/h1-2,5-6,8-9H,3-4,7,10-14H2,(H,22,25). The Balaban J connectivity index is 1.47. The fourth-order valence-corrected chi connectivity index (χ4v) is 4.17. The highest BCUT2D eigenvalue weighted by atomic mass is 35.5. The molecule has 6 heteroatoms. The van der Waals surface area contributed by atoms with Crippen LogP contribution < -0.4 is 5.32 Å². The van der Waals surface area contributed by atoms with E-state index in [1.165, 1.54) is 29.7 Å². The molecule has 1 aromatic heterocycles. The molecule has 2 heterocycles. The molecule has 0 aliphatic carbocycles. The van der Waals surface area contributed by atoms with Gasteiger partial charge < -0.3 is 5.32 Å². The van der Waals surface area contributed by atoms with E-state index in [0.717, 1.165) is 25.2 Å². The van der Waals surface area contributed by atoms with E-state index in [1.807, 2.05) is 12.1 Å². The van der Waals surface area contributed by atoms with Crippen LogP contribution >= 0.6 is 22.9 Å². The Labute approximate surface area is 163 Å². The first-order valence-electron chi connectivity index (χ1n) is 8.96. The highest BCUT2D eigenvalue weighted by Crippen LogP contribution is 2.23. The second-order valence-electron chi connectivity index (χ2n) is 6.56. The van der Waals surface area contributed by atoms with Gasteiger partial charge in [-0.2, -0.15) is 0 Å². The van der Waals surface area contributed by atoms with E-state index in [0.29, 0.717) is 15.8 Å². The summed E-state index contributed by atoms with van der Waals surface area (Å²) in [4.78, 5) is 27.2. The topological polar surface area (TPSA) is 49.4 Å². The van der Waals surface area contributed by atoms with Crippen molar-refractivity contribution in [1.29, 1.82) is 0 Å². The van der Waals surface area contributed by atoms with Crippen molar-refractivity contribution >= 4 is 34.6 Å². The third-order valence-corrected chi connectivity index (χ3v) is 5.89. The number of halogens is 1. The summed E-state index contributed by atoms with van der Waals surface area (Å²) in [6.45, 7) is 3.73. The van der Waals surface area contributed by atoms with E-state index < -0.39 is 0 Å². The molecule has 1 N–H and O–H groups in total. The number of thiophene rings is 1. The lowest BCUT2D eigenvalue weighted by atomic mass is 10.1. The van der Waals surface area contributed by atoms with Crippen LogP contribution in [0, 0.1) is 0 Å². The van der Waals surface area contributed by atoms with E-state index in [-0.39, 0.29) is 24.5 Å². The highest BCUT2D eigenvalue weighted by Gasteiger charge is 2.14. The first-order chi connectivity index (χ1) is 12.6. The van der Waals surface area contributed by atoms with Gasteiger partial charge in [-0.05, 0) is 49.2 Å². The number of ketones is 1. The van der Waals surface area contributed by atoms with Crippen LogP contribution in [0.5, 0.6) is 0 Å². The van der Waals surface area contributed by atoms with Crippen molar-refractivity contribution in [2.45, 2.75) is 38.8 Å². The van der Waals surface area contributed by atoms with Crippen LogP contribution in [-0.2, 0) is 17.9 Å². The maximum atomic E-state index is 12.1. The van der Waals surface area contributed by atoms with Gasteiger partial charge in [0.15, 0.2) is 5.78 Å². The maximum absolute atomic E-state index is 12.1. The van der Waals surface area contributed by atoms with Gasteiger partial charge in [-0.3, -0.25) is 14.5 Å². The summed E-state index contributed by atoms with van der Waals surface area (Å²) < 4.78 is 0.590. The van der Waals surface area contributed by atoms with Gasteiger partial charge >= 0.3 is 0 Å². The van der Waals surface area contributed by atoms with Crippen LogP contribution in [0.4, 0.5) is 0 Å². The smallest absolute Gasteiger partial charge is 0.220 e. The number of Topliss-reactive ketones (excluding diaryl/α,β-unsaturated/α-hetero) is 1. The monoisotopic (exact) mass is 390 g/mol. The zero-order chi connectivity index (χ0) is 18.4. The molecule has 1 aliphatic rings. The Bertz CT molecular complexity index is 769. The highest BCUT2D eigenvalue weighted by molar-refractivity contribution is 7.18. The summed E-state index contributed by atoms with van der Waals surface area (Å²) >= 11 is 7.10. The molecule has 0 saturated carbocycles. The van der Waals surface area contributed by atoms with Crippen molar-refractivity contribution in [2.24, 2.45) is 0 Å². The number of nitrogens with zero attached hydrogens (tertiary/aromatic N) is 1. The lowest BCUT2D eigenvalue weighted by molar-refractivity contribution is -0.121. The van der Waals surface area contributed by atoms with Crippen LogP contribution in [-0.4, -0.2) is 29.7 Å². The van der Waals surface area contributed by atoms with Gasteiger partial charge in [0, 0.05) is 25.9 Å². The Hall–Kier alpha value is -1.69. The minimum absolute atomic E-state index is 0.0357. The zero-order valence-corrected chi connectivity index (χ0v) is 16.2. The van der Waals surface area contributed by atoms with Crippen LogP contribution in [0.1, 0.15) is 46.5 Å². The number of rotatable bonds is 8. The van der Waals surface area contributed by atoms with Crippen LogP contribution in [0.3, 0.4) is 0 Å². The molecule has 1 fully saturated rings. The van der Waals surface area contributed by atoms with Crippen LogP contribution in [0.25, 0.3) is 0 Å². The molecule has 1 aromatic carbocycles.